The molecular formula is C13H18O4. The maximum atomic E-state index is 9.96. The van der Waals surface area contributed by atoms with E-state index in [0.717, 1.165) is 12.8 Å². The van der Waals surface area contributed by atoms with Crippen molar-refractivity contribution in [3.05, 3.63) is 24.3 Å². The summed E-state index contributed by atoms with van der Waals surface area (Å²) in [7, 11) is 0. The maximum absolute atomic E-state index is 9.96. The molecule has 0 spiro atoms. The van der Waals surface area contributed by atoms with Crippen molar-refractivity contribution in [1.82, 2.24) is 0 Å². The van der Waals surface area contributed by atoms with E-state index >= 15 is 0 Å². The molecule has 1 fully saturated rings. The van der Waals surface area contributed by atoms with E-state index < -0.39 is 6.10 Å². The lowest BCUT2D eigenvalue weighted by atomic mass is 9.94. The summed E-state index contributed by atoms with van der Waals surface area (Å²) in [4.78, 5) is 0. The van der Waals surface area contributed by atoms with Crippen molar-refractivity contribution in [2.45, 2.75) is 18.9 Å². The lowest BCUT2D eigenvalue weighted by molar-refractivity contribution is -0.0101. The van der Waals surface area contributed by atoms with Crippen molar-refractivity contribution >= 4 is 0 Å². The SMILES string of the molecule is Oc1cccc(OCC(O)C2CCOCC2)c1. The summed E-state index contributed by atoms with van der Waals surface area (Å²) < 4.78 is 10.7. The van der Waals surface area contributed by atoms with Gasteiger partial charge in [0.1, 0.15) is 18.1 Å². The average Bonchev–Trinajstić information content (AvgIpc) is 2.37. The van der Waals surface area contributed by atoms with E-state index in [1.165, 1.54) is 6.07 Å². The van der Waals surface area contributed by atoms with Gasteiger partial charge in [-0.1, -0.05) is 6.07 Å². The molecule has 1 heterocycles. The Morgan fingerprint density at radius 2 is 2.12 bits per heavy atom. The van der Waals surface area contributed by atoms with Gasteiger partial charge in [0.25, 0.3) is 0 Å². The molecule has 4 heteroatoms. The fourth-order valence-electron chi connectivity index (χ4n) is 1.99. The van der Waals surface area contributed by atoms with Crippen LogP contribution in [0, 0.1) is 5.92 Å². The smallest absolute Gasteiger partial charge is 0.123 e. The van der Waals surface area contributed by atoms with Gasteiger partial charge in [-0.2, -0.15) is 0 Å². The van der Waals surface area contributed by atoms with Crippen molar-refractivity contribution in [2.75, 3.05) is 19.8 Å². The summed E-state index contributed by atoms with van der Waals surface area (Å²) in [6.45, 7) is 1.69. The van der Waals surface area contributed by atoms with E-state index in [9.17, 15) is 10.2 Å². The molecule has 0 aliphatic carbocycles. The fraction of sp³-hybridized carbons (Fsp3) is 0.538. The minimum absolute atomic E-state index is 0.169. The monoisotopic (exact) mass is 238 g/mol. The molecule has 1 atom stereocenters. The molecular weight excluding hydrogens is 220 g/mol. The van der Waals surface area contributed by atoms with Gasteiger partial charge in [-0.3, -0.25) is 0 Å². The summed E-state index contributed by atoms with van der Waals surface area (Å²) in [5, 5.41) is 19.2. The molecule has 0 radical (unpaired) electrons. The highest BCUT2D eigenvalue weighted by molar-refractivity contribution is 5.31. The van der Waals surface area contributed by atoms with Gasteiger partial charge in [-0.15, -0.1) is 0 Å². The number of rotatable bonds is 4. The Morgan fingerprint density at radius 3 is 2.82 bits per heavy atom. The first-order valence-corrected chi connectivity index (χ1v) is 5.93. The van der Waals surface area contributed by atoms with Gasteiger partial charge in [-0.25, -0.2) is 0 Å². The van der Waals surface area contributed by atoms with Crippen LogP contribution in [0.4, 0.5) is 0 Å². The van der Waals surface area contributed by atoms with Crippen LogP contribution in [0.2, 0.25) is 0 Å². The summed E-state index contributed by atoms with van der Waals surface area (Å²) in [6, 6.07) is 6.60. The molecule has 0 bridgehead atoms. The van der Waals surface area contributed by atoms with Crippen LogP contribution < -0.4 is 4.74 Å². The molecule has 2 N–H and O–H groups in total. The number of aromatic hydroxyl groups is 1. The van der Waals surface area contributed by atoms with Crippen molar-refractivity contribution in [2.24, 2.45) is 5.92 Å². The summed E-state index contributed by atoms with van der Waals surface area (Å²) in [6.07, 6.45) is 1.29. The normalized spacial score (nSPS) is 18.9. The standard InChI is InChI=1S/C13H18O4/c14-11-2-1-3-12(8-11)17-9-13(15)10-4-6-16-7-5-10/h1-3,8,10,13-15H,4-7,9H2. The van der Waals surface area contributed by atoms with Crippen molar-refractivity contribution < 1.29 is 19.7 Å². The number of phenolic OH excluding ortho intramolecular Hbond substituents is 1. The predicted octanol–water partition coefficient (Wildman–Crippen LogP) is 1.56. The summed E-state index contributed by atoms with van der Waals surface area (Å²) in [5.41, 5.74) is 0. The Hall–Kier alpha value is -1.26. The second-order valence-electron chi connectivity index (χ2n) is 4.33. The van der Waals surface area contributed by atoms with Crippen LogP contribution in [-0.4, -0.2) is 36.1 Å². The number of aliphatic hydroxyl groups is 1. The van der Waals surface area contributed by atoms with Gasteiger partial charge in [0, 0.05) is 19.3 Å². The summed E-state index contributed by atoms with van der Waals surface area (Å²) >= 11 is 0. The van der Waals surface area contributed by atoms with E-state index in [1.807, 2.05) is 0 Å². The summed E-state index contributed by atoms with van der Waals surface area (Å²) in [5.74, 6) is 1.00. The molecule has 17 heavy (non-hydrogen) atoms. The first-order valence-electron chi connectivity index (χ1n) is 5.93. The average molecular weight is 238 g/mol. The quantitative estimate of drug-likeness (QED) is 0.835. The molecule has 1 saturated heterocycles. The molecule has 1 aliphatic rings. The highest BCUT2D eigenvalue weighted by atomic mass is 16.5. The van der Waals surface area contributed by atoms with Gasteiger partial charge in [0.2, 0.25) is 0 Å². The third-order valence-corrected chi connectivity index (χ3v) is 3.05. The Balaban J connectivity index is 1.80. The van der Waals surface area contributed by atoms with E-state index in [1.54, 1.807) is 18.2 Å². The molecule has 2 rings (SSSR count). The molecule has 1 aromatic carbocycles. The van der Waals surface area contributed by atoms with Gasteiger partial charge in [0.15, 0.2) is 0 Å². The molecule has 4 nitrogen and oxygen atoms in total. The topological polar surface area (TPSA) is 58.9 Å². The maximum Gasteiger partial charge on any atom is 0.123 e. The van der Waals surface area contributed by atoms with Crippen molar-refractivity contribution in [3.8, 4) is 11.5 Å². The Labute approximate surface area is 101 Å². The zero-order valence-electron chi connectivity index (χ0n) is 9.71. The third kappa shape index (κ3) is 3.61. The Bertz CT molecular complexity index is 347. The third-order valence-electron chi connectivity index (χ3n) is 3.05. The zero-order chi connectivity index (χ0) is 12.1. The number of ether oxygens (including phenoxy) is 2. The highest BCUT2D eigenvalue weighted by Gasteiger charge is 2.22. The molecule has 0 amide bonds. The van der Waals surface area contributed by atoms with Gasteiger partial charge >= 0.3 is 0 Å². The predicted molar refractivity (Wildman–Crippen MR) is 63.2 cm³/mol. The molecule has 1 aliphatic heterocycles. The van der Waals surface area contributed by atoms with Crippen molar-refractivity contribution in [1.29, 1.82) is 0 Å². The van der Waals surface area contributed by atoms with Crippen LogP contribution in [0.15, 0.2) is 24.3 Å². The Morgan fingerprint density at radius 1 is 1.35 bits per heavy atom. The van der Waals surface area contributed by atoms with Crippen LogP contribution in [-0.2, 0) is 4.74 Å². The van der Waals surface area contributed by atoms with E-state index in [2.05, 4.69) is 0 Å². The lowest BCUT2D eigenvalue weighted by Crippen LogP contribution is -2.31. The molecule has 1 unspecified atom stereocenters. The van der Waals surface area contributed by atoms with Crippen LogP contribution in [0.25, 0.3) is 0 Å². The number of hydrogen-bond donors (Lipinski definition) is 2. The number of aliphatic hydroxyl groups excluding tert-OH is 1. The highest BCUT2D eigenvalue weighted by Crippen LogP contribution is 2.21. The largest absolute Gasteiger partial charge is 0.508 e. The van der Waals surface area contributed by atoms with Gasteiger partial charge in [0.05, 0.1) is 6.10 Å². The van der Waals surface area contributed by atoms with E-state index in [4.69, 9.17) is 9.47 Å². The minimum Gasteiger partial charge on any atom is -0.508 e. The fourth-order valence-corrected chi connectivity index (χ4v) is 1.99. The molecule has 0 saturated carbocycles. The zero-order valence-corrected chi connectivity index (χ0v) is 9.71. The number of benzene rings is 1. The molecule has 1 aromatic rings. The van der Waals surface area contributed by atoms with Crippen LogP contribution in [0.1, 0.15) is 12.8 Å². The van der Waals surface area contributed by atoms with Crippen LogP contribution >= 0.6 is 0 Å². The van der Waals surface area contributed by atoms with Gasteiger partial charge < -0.3 is 19.7 Å². The lowest BCUT2D eigenvalue weighted by Gasteiger charge is -2.26. The second kappa shape index (κ2) is 5.89. The minimum atomic E-state index is -0.471. The second-order valence-corrected chi connectivity index (χ2v) is 4.33. The van der Waals surface area contributed by atoms with E-state index in [-0.39, 0.29) is 18.3 Å². The molecule has 0 aromatic heterocycles. The van der Waals surface area contributed by atoms with E-state index in [0.29, 0.717) is 19.0 Å². The van der Waals surface area contributed by atoms with Crippen LogP contribution in [0.3, 0.4) is 0 Å². The van der Waals surface area contributed by atoms with Crippen molar-refractivity contribution in [3.63, 3.8) is 0 Å². The van der Waals surface area contributed by atoms with Gasteiger partial charge in [-0.05, 0) is 30.9 Å². The first-order chi connectivity index (χ1) is 8.25. The number of phenols is 1. The first kappa shape index (κ1) is 12.2. The molecule has 94 valence electrons. The van der Waals surface area contributed by atoms with Crippen LogP contribution in [0.5, 0.6) is 11.5 Å². The Kier molecular flexibility index (Phi) is 4.23. The number of hydrogen-bond acceptors (Lipinski definition) is 4.